The molecular formula is C23H17N4O2+. The van der Waals surface area contributed by atoms with Gasteiger partial charge in [-0.3, -0.25) is 4.79 Å². The van der Waals surface area contributed by atoms with E-state index in [1.165, 1.54) is 0 Å². The number of rotatable bonds is 2. The van der Waals surface area contributed by atoms with Gasteiger partial charge in [-0.2, -0.15) is 4.40 Å². The third-order valence-electron chi connectivity index (χ3n) is 5.00. The third kappa shape index (κ3) is 2.73. The van der Waals surface area contributed by atoms with Gasteiger partial charge in [-0.05, 0) is 48.4 Å². The first-order valence-corrected chi connectivity index (χ1v) is 9.22. The number of benzene rings is 3. The van der Waals surface area contributed by atoms with Gasteiger partial charge in [0.1, 0.15) is 5.52 Å². The summed E-state index contributed by atoms with van der Waals surface area (Å²) >= 11 is 0. The van der Waals surface area contributed by atoms with Gasteiger partial charge < -0.3 is 5.11 Å². The minimum Gasteiger partial charge on any atom is -0.483 e. The van der Waals surface area contributed by atoms with Gasteiger partial charge in [-0.1, -0.05) is 42.0 Å². The monoisotopic (exact) mass is 381 g/mol. The molecule has 0 aliphatic rings. The Morgan fingerprint density at radius 1 is 0.931 bits per heavy atom. The fourth-order valence-corrected chi connectivity index (χ4v) is 3.62. The molecule has 6 heteroatoms. The number of nitrogens with one attached hydrogen (secondary N) is 1. The lowest BCUT2D eigenvalue weighted by atomic mass is 10.1. The van der Waals surface area contributed by atoms with Crippen molar-refractivity contribution in [1.29, 1.82) is 0 Å². The van der Waals surface area contributed by atoms with Crippen LogP contribution in [0.5, 0.6) is 5.88 Å². The van der Waals surface area contributed by atoms with Gasteiger partial charge in [0.05, 0.1) is 16.2 Å². The number of aromatic hydroxyl groups is 1. The number of azo groups is 1. The Kier molecular flexibility index (Phi) is 3.84. The summed E-state index contributed by atoms with van der Waals surface area (Å²) in [6.07, 6.45) is 0. The Balaban J connectivity index is 1.78. The van der Waals surface area contributed by atoms with Crippen LogP contribution in [0.2, 0.25) is 0 Å². The molecular weight excluding hydrogens is 364 g/mol. The summed E-state index contributed by atoms with van der Waals surface area (Å²) in [5.41, 5.74) is 2.98. The van der Waals surface area contributed by atoms with E-state index in [9.17, 15) is 9.90 Å². The topological polar surface area (TPSA) is 80.6 Å². The predicted octanol–water partition coefficient (Wildman–Crippen LogP) is 5.00. The summed E-state index contributed by atoms with van der Waals surface area (Å²) < 4.78 is 1.76. The van der Waals surface area contributed by atoms with Gasteiger partial charge >= 0.3 is 5.91 Å². The standard InChI is InChI=1S/C23H16N4O2/c1-14-11-12-19-18(13-14)20(25-26-22(28)15-7-3-2-4-8-15)24-21-16-9-5-6-10-17(16)23(29)27(19)21/h2-13,29H,1H3/p+1. The number of aryl methyl sites for hydroxylation is 1. The first-order valence-electron chi connectivity index (χ1n) is 9.22. The van der Waals surface area contributed by atoms with Gasteiger partial charge in [0.2, 0.25) is 5.65 Å². The molecule has 0 saturated heterocycles. The summed E-state index contributed by atoms with van der Waals surface area (Å²) in [7, 11) is 0. The fraction of sp³-hybridized carbons (Fsp3) is 0.0435. The van der Waals surface area contributed by atoms with E-state index in [1.54, 1.807) is 28.7 Å². The molecule has 0 radical (unpaired) electrons. The van der Waals surface area contributed by atoms with Crippen molar-refractivity contribution < 1.29 is 14.9 Å². The molecule has 29 heavy (non-hydrogen) atoms. The van der Waals surface area contributed by atoms with Crippen molar-refractivity contribution in [2.75, 3.05) is 0 Å². The van der Waals surface area contributed by atoms with Crippen molar-refractivity contribution in [3.8, 4) is 5.88 Å². The minimum absolute atomic E-state index is 0.157. The molecule has 0 aliphatic carbocycles. The average Bonchev–Trinajstić information content (AvgIpc) is 3.04. The molecule has 0 saturated carbocycles. The molecule has 0 aliphatic heterocycles. The van der Waals surface area contributed by atoms with Crippen LogP contribution in [0.3, 0.4) is 0 Å². The van der Waals surface area contributed by atoms with E-state index in [4.69, 9.17) is 0 Å². The van der Waals surface area contributed by atoms with Crippen LogP contribution in [-0.4, -0.2) is 15.4 Å². The lowest BCUT2D eigenvalue weighted by molar-refractivity contribution is -0.331. The molecule has 0 bridgehead atoms. The number of fused-ring (bicyclic) bond motifs is 5. The maximum Gasteiger partial charge on any atom is 0.311 e. The Morgan fingerprint density at radius 2 is 1.66 bits per heavy atom. The molecule has 0 unspecified atom stereocenters. The molecule has 2 N–H and O–H groups in total. The molecule has 0 atom stereocenters. The Bertz CT molecular complexity index is 1440. The second-order valence-electron chi connectivity index (χ2n) is 6.92. The lowest BCUT2D eigenvalue weighted by Gasteiger charge is -2.02. The lowest BCUT2D eigenvalue weighted by Crippen LogP contribution is -2.09. The van der Waals surface area contributed by atoms with Crippen LogP contribution in [0, 0.1) is 6.92 Å². The highest BCUT2D eigenvalue weighted by molar-refractivity contribution is 6.02. The molecule has 1 amide bonds. The molecule has 5 aromatic rings. The Morgan fingerprint density at radius 3 is 2.45 bits per heavy atom. The third-order valence-corrected chi connectivity index (χ3v) is 5.00. The van der Waals surface area contributed by atoms with Crippen LogP contribution >= 0.6 is 0 Å². The Hall–Kier alpha value is -4.06. The van der Waals surface area contributed by atoms with E-state index >= 15 is 0 Å². The minimum atomic E-state index is -0.414. The molecule has 0 spiro atoms. The fourth-order valence-electron chi connectivity index (χ4n) is 3.62. The van der Waals surface area contributed by atoms with E-state index in [0.29, 0.717) is 17.0 Å². The van der Waals surface area contributed by atoms with Gasteiger partial charge in [-0.25, -0.2) is 4.98 Å². The zero-order valence-corrected chi connectivity index (χ0v) is 15.6. The largest absolute Gasteiger partial charge is 0.483 e. The van der Waals surface area contributed by atoms with Gasteiger partial charge in [-0.15, -0.1) is 0 Å². The first kappa shape index (κ1) is 17.1. The number of H-pyrrole nitrogens is 1. The molecule has 6 nitrogen and oxygen atoms in total. The molecule has 3 aromatic carbocycles. The van der Waals surface area contributed by atoms with Gasteiger partial charge in [0.15, 0.2) is 0 Å². The predicted molar refractivity (Wildman–Crippen MR) is 111 cm³/mol. The van der Waals surface area contributed by atoms with E-state index in [0.717, 1.165) is 27.2 Å². The van der Waals surface area contributed by atoms with Crippen LogP contribution in [0.25, 0.3) is 27.3 Å². The van der Waals surface area contributed by atoms with Crippen molar-refractivity contribution in [2.45, 2.75) is 6.92 Å². The van der Waals surface area contributed by atoms with Crippen molar-refractivity contribution in [2.24, 2.45) is 10.2 Å². The molecule has 2 heterocycles. The quantitative estimate of drug-likeness (QED) is 0.437. The first-order chi connectivity index (χ1) is 14.1. The number of carbonyl (C=O) groups excluding carboxylic acids is 1. The van der Waals surface area contributed by atoms with E-state index in [2.05, 4.69) is 15.2 Å². The zero-order valence-electron chi connectivity index (χ0n) is 15.6. The summed E-state index contributed by atoms with van der Waals surface area (Å²) in [6, 6.07) is 22.3. The second-order valence-corrected chi connectivity index (χ2v) is 6.92. The number of carbonyl (C=O) groups is 1. The maximum atomic E-state index is 12.4. The number of amides is 1. The summed E-state index contributed by atoms with van der Waals surface area (Å²) in [4.78, 5) is 15.6. The van der Waals surface area contributed by atoms with E-state index in [1.807, 2.05) is 55.5 Å². The number of hydrogen-bond donors (Lipinski definition) is 1. The van der Waals surface area contributed by atoms with Crippen molar-refractivity contribution in [1.82, 2.24) is 4.40 Å². The van der Waals surface area contributed by atoms with Crippen LogP contribution < -0.4 is 4.98 Å². The smallest absolute Gasteiger partial charge is 0.311 e. The number of hydrogen-bond acceptors (Lipinski definition) is 3. The van der Waals surface area contributed by atoms with E-state index < -0.39 is 5.91 Å². The Labute approximate surface area is 165 Å². The summed E-state index contributed by atoms with van der Waals surface area (Å²) in [5.74, 6) is 0.205. The van der Waals surface area contributed by atoms with Gasteiger partial charge in [0.25, 0.3) is 11.7 Å². The van der Waals surface area contributed by atoms with Crippen LogP contribution in [-0.2, 0) is 0 Å². The molecule has 140 valence electrons. The number of aromatic nitrogens is 2. The van der Waals surface area contributed by atoms with Crippen LogP contribution in [0.1, 0.15) is 15.9 Å². The van der Waals surface area contributed by atoms with Crippen molar-refractivity contribution in [3.05, 3.63) is 83.9 Å². The molecule has 0 fully saturated rings. The highest BCUT2D eigenvalue weighted by Gasteiger charge is 2.22. The second kappa shape index (κ2) is 6.53. The summed E-state index contributed by atoms with van der Waals surface area (Å²) in [6.45, 7) is 1.98. The SMILES string of the molecule is Cc1ccc2c(c1)c(N=NC(=O)c1ccccc1)[nH+]c1c3ccccc3c(O)n21. The number of aromatic amines is 1. The normalized spacial score (nSPS) is 11.8. The van der Waals surface area contributed by atoms with Gasteiger partial charge in [0, 0.05) is 10.7 Å². The molecule has 2 aromatic heterocycles. The van der Waals surface area contributed by atoms with Crippen LogP contribution in [0.4, 0.5) is 5.82 Å². The molecule has 5 rings (SSSR count). The van der Waals surface area contributed by atoms with Crippen LogP contribution in [0.15, 0.2) is 83.0 Å². The van der Waals surface area contributed by atoms with E-state index in [-0.39, 0.29) is 5.88 Å². The average molecular weight is 381 g/mol. The summed E-state index contributed by atoms with van der Waals surface area (Å²) in [5, 5.41) is 21.3. The maximum absolute atomic E-state index is 12.4. The highest BCUT2D eigenvalue weighted by Crippen LogP contribution is 2.34. The van der Waals surface area contributed by atoms with Crippen molar-refractivity contribution >= 4 is 39.0 Å². The number of nitrogens with zero attached hydrogens (tertiary/aromatic N) is 3. The van der Waals surface area contributed by atoms with Crippen molar-refractivity contribution in [3.63, 3.8) is 0 Å². The highest BCUT2D eigenvalue weighted by atomic mass is 16.3. The zero-order chi connectivity index (χ0) is 20.0.